The van der Waals surface area contributed by atoms with Gasteiger partial charge in [0, 0.05) is 11.1 Å². The summed E-state index contributed by atoms with van der Waals surface area (Å²) in [6, 6.07) is 20.8. The van der Waals surface area contributed by atoms with E-state index in [-0.39, 0.29) is 11.6 Å². The molecule has 0 radical (unpaired) electrons. The minimum atomic E-state index is -1.27. The number of ether oxygens (including phenoxy) is 1. The van der Waals surface area contributed by atoms with Gasteiger partial charge in [0.2, 0.25) is 11.4 Å². The van der Waals surface area contributed by atoms with Gasteiger partial charge in [-0.1, -0.05) is 54.1 Å². The Kier molecular flexibility index (Phi) is 3.24. The average Bonchev–Trinajstić information content (AvgIpc) is 2.90. The first-order valence-electron chi connectivity index (χ1n) is 7.77. The van der Waals surface area contributed by atoms with Crippen molar-refractivity contribution in [3.05, 3.63) is 101 Å². The first-order valence-corrected chi connectivity index (χ1v) is 7.77. The van der Waals surface area contributed by atoms with Crippen molar-refractivity contribution >= 4 is 5.78 Å². The molecular formula is C21H15FO2. The summed E-state index contributed by atoms with van der Waals surface area (Å²) in [5.41, 5.74) is 1.72. The Bertz CT molecular complexity index is 866. The third-order valence-electron chi connectivity index (χ3n) is 4.42. The summed E-state index contributed by atoms with van der Waals surface area (Å²) in [4.78, 5) is 13.3. The Hall–Kier alpha value is -2.94. The van der Waals surface area contributed by atoms with E-state index in [9.17, 15) is 9.18 Å². The van der Waals surface area contributed by atoms with Gasteiger partial charge < -0.3 is 4.74 Å². The van der Waals surface area contributed by atoms with Gasteiger partial charge in [0.05, 0.1) is 5.56 Å². The van der Waals surface area contributed by atoms with E-state index in [1.165, 1.54) is 12.1 Å². The number of carbonyl (C=O) groups is 1. The number of rotatable bonds is 2. The van der Waals surface area contributed by atoms with Crippen LogP contribution in [0.25, 0.3) is 0 Å². The van der Waals surface area contributed by atoms with Crippen LogP contribution in [0.2, 0.25) is 0 Å². The highest BCUT2D eigenvalue weighted by atomic mass is 19.1. The summed E-state index contributed by atoms with van der Waals surface area (Å²) in [6.07, 6.45) is 0. The van der Waals surface area contributed by atoms with Crippen molar-refractivity contribution in [3.8, 4) is 5.75 Å². The standard InChI is InChI=1S/C21H15FO2/c1-14-6-8-15(9-7-14)21(16-10-12-17(22)13-11-16)20(23)18-4-2-3-5-19(18)24-21/h2-13H,1H3/t21-/m1/s1. The SMILES string of the molecule is Cc1ccc([C@]2(c3ccc(F)cc3)Oc3ccccc3C2=O)cc1. The number of para-hydroxylation sites is 1. The predicted octanol–water partition coefficient (Wildman–Crippen LogP) is 4.65. The molecule has 2 nitrogen and oxygen atoms in total. The van der Waals surface area contributed by atoms with Crippen LogP contribution >= 0.6 is 0 Å². The Balaban J connectivity index is 1.96. The molecule has 0 saturated carbocycles. The molecule has 0 spiro atoms. The van der Waals surface area contributed by atoms with Crippen LogP contribution in [0.1, 0.15) is 27.0 Å². The number of benzene rings is 3. The van der Waals surface area contributed by atoms with E-state index in [2.05, 4.69) is 0 Å². The molecular weight excluding hydrogens is 303 g/mol. The molecule has 0 aromatic heterocycles. The minimum Gasteiger partial charge on any atom is -0.469 e. The van der Waals surface area contributed by atoms with Gasteiger partial charge in [-0.05, 0) is 31.2 Å². The summed E-state index contributed by atoms with van der Waals surface area (Å²) >= 11 is 0. The van der Waals surface area contributed by atoms with Crippen molar-refractivity contribution in [1.29, 1.82) is 0 Å². The molecule has 3 aromatic rings. The molecule has 118 valence electrons. The Morgan fingerprint density at radius 1 is 0.833 bits per heavy atom. The third kappa shape index (κ3) is 2.05. The first-order chi connectivity index (χ1) is 11.6. The molecule has 1 heterocycles. The van der Waals surface area contributed by atoms with Crippen LogP contribution in [0, 0.1) is 12.7 Å². The van der Waals surface area contributed by atoms with Crippen LogP contribution in [0.5, 0.6) is 5.75 Å². The molecule has 1 aliphatic rings. The number of halogens is 1. The lowest BCUT2D eigenvalue weighted by Crippen LogP contribution is -2.38. The number of aryl methyl sites for hydroxylation is 1. The van der Waals surface area contributed by atoms with Crippen LogP contribution in [-0.4, -0.2) is 5.78 Å². The van der Waals surface area contributed by atoms with Gasteiger partial charge in [-0.25, -0.2) is 4.39 Å². The fraction of sp³-hybridized carbons (Fsp3) is 0.0952. The average molecular weight is 318 g/mol. The fourth-order valence-electron chi connectivity index (χ4n) is 3.16. The van der Waals surface area contributed by atoms with E-state index in [0.717, 1.165) is 11.1 Å². The number of ketones is 1. The molecule has 1 atom stereocenters. The van der Waals surface area contributed by atoms with E-state index < -0.39 is 5.60 Å². The van der Waals surface area contributed by atoms with Crippen molar-refractivity contribution in [2.24, 2.45) is 0 Å². The number of hydrogen-bond donors (Lipinski definition) is 0. The van der Waals surface area contributed by atoms with Crippen LogP contribution in [0.3, 0.4) is 0 Å². The zero-order valence-electron chi connectivity index (χ0n) is 13.1. The molecule has 0 saturated heterocycles. The highest BCUT2D eigenvalue weighted by Crippen LogP contribution is 2.45. The Morgan fingerprint density at radius 2 is 1.42 bits per heavy atom. The summed E-state index contributed by atoms with van der Waals surface area (Å²) in [6.45, 7) is 1.99. The van der Waals surface area contributed by atoms with Crippen molar-refractivity contribution in [2.45, 2.75) is 12.5 Å². The monoisotopic (exact) mass is 318 g/mol. The molecule has 3 heteroatoms. The van der Waals surface area contributed by atoms with E-state index in [4.69, 9.17) is 4.74 Å². The molecule has 0 bridgehead atoms. The number of carbonyl (C=O) groups excluding carboxylic acids is 1. The molecule has 1 aliphatic heterocycles. The fourth-order valence-corrected chi connectivity index (χ4v) is 3.16. The van der Waals surface area contributed by atoms with E-state index in [1.807, 2.05) is 43.3 Å². The highest BCUT2D eigenvalue weighted by molar-refractivity contribution is 6.10. The van der Waals surface area contributed by atoms with Crippen LogP contribution < -0.4 is 4.74 Å². The first kappa shape index (κ1) is 14.6. The maximum atomic E-state index is 13.4. The van der Waals surface area contributed by atoms with E-state index in [1.54, 1.807) is 24.3 Å². The lowest BCUT2D eigenvalue weighted by atomic mass is 9.81. The van der Waals surface area contributed by atoms with Gasteiger partial charge in [0.25, 0.3) is 0 Å². The molecule has 0 amide bonds. The molecule has 24 heavy (non-hydrogen) atoms. The van der Waals surface area contributed by atoms with Gasteiger partial charge in [0.1, 0.15) is 11.6 Å². The van der Waals surface area contributed by atoms with E-state index in [0.29, 0.717) is 16.9 Å². The number of Topliss-reactive ketones (excluding diaryl/α,β-unsaturated/α-hetero) is 1. The molecule has 3 aromatic carbocycles. The third-order valence-corrected chi connectivity index (χ3v) is 4.42. The zero-order chi connectivity index (χ0) is 16.7. The maximum Gasteiger partial charge on any atom is 0.221 e. The number of hydrogen-bond acceptors (Lipinski definition) is 2. The molecule has 4 rings (SSSR count). The lowest BCUT2D eigenvalue weighted by molar-refractivity contribution is 0.0686. The minimum absolute atomic E-state index is 0.131. The van der Waals surface area contributed by atoms with E-state index >= 15 is 0 Å². The largest absolute Gasteiger partial charge is 0.469 e. The van der Waals surface area contributed by atoms with Crippen LogP contribution in [0.15, 0.2) is 72.8 Å². The maximum absolute atomic E-state index is 13.4. The zero-order valence-corrected chi connectivity index (χ0v) is 13.1. The Labute approximate surface area is 139 Å². The summed E-state index contributed by atoms with van der Waals surface area (Å²) < 4.78 is 19.6. The molecule has 0 unspecified atom stereocenters. The quantitative estimate of drug-likeness (QED) is 0.687. The molecule has 0 aliphatic carbocycles. The number of fused-ring (bicyclic) bond motifs is 1. The van der Waals surface area contributed by atoms with Crippen molar-refractivity contribution in [2.75, 3.05) is 0 Å². The predicted molar refractivity (Wildman–Crippen MR) is 89.8 cm³/mol. The van der Waals surface area contributed by atoms with Crippen molar-refractivity contribution in [1.82, 2.24) is 0 Å². The second-order valence-electron chi connectivity index (χ2n) is 5.98. The van der Waals surface area contributed by atoms with Gasteiger partial charge in [-0.3, -0.25) is 4.79 Å². The van der Waals surface area contributed by atoms with Gasteiger partial charge in [-0.15, -0.1) is 0 Å². The normalized spacial score (nSPS) is 19.0. The Morgan fingerprint density at radius 3 is 2.04 bits per heavy atom. The summed E-state index contributed by atoms with van der Waals surface area (Å²) in [5.74, 6) is 0.0710. The highest BCUT2D eigenvalue weighted by Gasteiger charge is 2.50. The van der Waals surface area contributed by atoms with Gasteiger partial charge in [0.15, 0.2) is 0 Å². The second kappa shape index (κ2) is 5.31. The van der Waals surface area contributed by atoms with Crippen molar-refractivity contribution in [3.63, 3.8) is 0 Å². The molecule has 0 N–H and O–H groups in total. The van der Waals surface area contributed by atoms with Gasteiger partial charge >= 0.3 is 0 Å². The molecule has 0 fully saturated rings. The smallest absolute Gasteiger partial charge is 0.221 e. The van der Waals surface area contributed by atoms with Crippen LogP contribution in [0.4, 0.5) is 4.39 Å². The van der Waals surface area contributed by atoms with Gasteiger partial charge in [-0.2, -0.15) is 0 Å². The second-order valence-corrected chi connectivity index (χ2v) is 5.98. The van der Waals surface area contributed by atoms with Crippen LogP contribution in [-0.2, 0) is 5.60 Å². The summed E-state index contributed by atoms with van der Waals surface area (Å²) in [5, 5.41) is 0. The lowest BCUT2D eigenvalue weighted by Gasteiger charge is -2.28. The topological polar surface area (TPSA) is 26.3 Å². The van der Waals surface area contributed by atoms with Crippen molar-refractivity contribution < 1.29 is 13.9 Å². The summed E-state index contributed by atoms with van der Waals surface area (Å²) in [7, 11) is 0.